The molecule has 0 amide bonds. The fourth-order valence-corrected chi connectivity index (χ4v) is 2.61. The quantitative estimate of drug-likeness (QED) is 0.380. The summed E-state index contributed by atoms with van der Waals surface area (Å²) in [6.45, 7) is 5.93. The second kappa shape index (κ2) is 11.4. The van der Waals surface area contributed by atoms with Crippen molar-refractivity contribution in [1.82, 2.24) is 10.2 Å². The number of nitrogens with zero attached hydrogens (tertiary/aromatic N) is 2. The Hall–Kier alpha value is -1.22. The smallest absolute Gasteiger partial charge is 0.194 e. The monoisotopic (exact) mass is 449 g/mol. The number of aliphatic hydroxyl groups is 1. The highest BCUT2D eigenvalue weighted by Crippen LogP contribution is 2.28. The number of halogens is 1. The van der Waals surface area contributed by atoms with E-state index >= 15 is 0 Å². The third-order valence-corrected chi connectivity index (χ3v) is 3.73. The second-order valence-electron chi connectivity index (χ2n) is 5.42. The van der Waals surface area contributed by atoms with E-state index in [0.29, 0.717) is 18.0 Å². The number of nitrogens with one attached hydrogen (secondary N) is 1. The van der Waals surface area contributed by atoms with E-state index in [1.807, 2.05) is 18.2 Å². The molecule has 0 radical (unpaired) electrons. The van der Waals surface area contributed by atoms with Gasteiger partial charge in [0, 0.05) is 19.6 Å². The van der Waals surface area contributed by atoms with Crippen LogP contribution in [-0.4, -0.2) is 55.9 Å². The van der Waals surface area contributed by atoms with Crippen LogP contribution >= 0.6 is 24.0 Å². The number of hydrogen-bond acceptors (Lipinski definition) is 4. The first-order valence-corrected chi connectivity index (χ1v) is 8.22. The minimum atomic E-state index is -0.0168. The third kappa shape index (κ3) is 6.01. The Kier molecular flexibility index (Phi) is 9.85. The van der Waals surface area contributed by atoms with Crippen LogP contribution < -0.4 is 14.8 Å². The zero-order valence-corrected chi connectivity index (χ0v) is 16.8. The lowest BCUT2D eigenvalue weighted by molar-refractivity contribution is 0.196. The van der Waals surface area contributed by atoms with E-state index in [1.54, 1.807) is 7.11 Å². The summed E-state index contributed by atoms with van der Waals surface area (Å²) in [5.74, 6) is 2.28. The number of guanidine groups is 1. The Morgan fingerprint density at radius 3 is 2.67 bits per heavy atom. The summed E-state index contributed by atoms with van der Waals surface area (Å²) in [7, 11) is 1.61. The molecule has 1 aliphatic rings. The molecule has 0 bridgehead atoms. The number of aliphatic hydroxyl groups excluding tert-OH is 1. The predicted molar refractivity (Wildman–Crippen MR) is 107 cm³/mol. The van der Waals surface area contributed by atoms with Gasteiger partial charge in [0.05, 0.1) is 20.3 Å². The van der Waals surface area contributed by atoms with E-state index in [2.05, 4.69) is 17.1 Å². The van der Waals surface area contributed by atoms with Crippen molar-refractivity contribution in [3.05, 3.63) is 23.8 Å². The molecule has 0 aliphatic carbocycles. The van der Waals surface area contributed by atoms with Gasteiger partial charge in [0.1, 0.15) is 6.61 Å². The lowest BCUT2D eigenvalue weighted by Gasteiger charge is -2.20. The highest BCUT2D eigenvalue weighted by atomic mass is 127. The van der Waals surface area contributed by atoms with Gasteiger partial charge in [-0.2, -0.15) is 0 Å². The summed E-state index contributed by atoms with van der Waals surface area (Å²) in [6, 6.07) is 5.78. The van der Waals surface area contributed by atoms with Crippen molar-refractivity contribution in [3.8, 4) is 11.5 Å². The van der Waals surface area contributed by atoms with E-state index in [4.69, 9.17) is 19.6 Å². The molecule has 0 spiro atoms. The summed E-state index contributed by atoms with van der Waals surface area (Å²) in [4.78, 5) is 7.03. The fraction of sp³-hybridized carbons (Fsp3) is 0.588. The van der Waals surface area contributed by atoms with Crippen molar-refractivity contribution in [1.29, 1.82) is 0 Å². The standard InChI is InChI=1S/C17H27N3O3.HI/c1-3-18-17(20-8-4-5-9-20)19-13-14-6-7-15(23-11-10-21)16(12-14)22-2;/h6-7,12,21H,3-5,8-11,13H2,1-2H3,(H,18,19);1H. The molecule has 0 aromatic heterocycles. The molecule has 0 unspecified atom stereocenters. The average Bonchev–Trinajstić information content (AvgIpc) is 3.11. The maximum Gasteiger partial charge on any atom is 0.194 e. The molecular formula is C17H28IN3O3. The van der Waals surface area contributed by atoms with E-state index in [1.165, 1.54) is 12.8 Å². The Balaban J connectivity index is 0.00000288. The molecule has 1 saturated heterocycles. The van der Waals surface area contributed by atoms with Gasteiger partial charge < -0.3 is 24.8 Å². The zero-order chi connectivity index (χ0) is 16.5. The molecule has 136 valence electrons. The predicted octanol–water partition coefficient (Wildman–Crippen LogP) is 2.25. The van der Waals surface area contributed by atoms with Gasteiger partial charge in [-0.3, -0.25) is 0 Å². The molecule has 1 aromatic rings. The van der Waals surface area contributed by atoms with E-state index < -0.39 is 0 Å². The van der Waals surface area contributed by atoms with Crippen molar-refractivity contribution in [3.63, 3.8) is 0 Å². The van der Waals surface area contributed by atoms with Gasteiger partial charge in [-0.15, -0.1) is 24.0 Å². The van der Waals surface area contributed by atoms with Gasteiger partial charge in [-0.25, -0.2) is 4.99 Å². The van der Waals surface area contributed by atoms with Crippen molar-refractivity contribution in [2.45, 2.75) is 26.3 Å². The number of rotatable bonds is 7. The van der Waals surface area contributed by atoms with Crippen LogP contribution in [0, 0.1) is 0 Å². The van der Waals surface area contributed by atoms with Gasteiger partial charge in [0.2, 0.25) is 0 Å². The van der Waals surface area contributed by atoms with Crippen LogP contribution in [0.4, 0.5) is 0 Å². The number of aliphatic imine (C=N–C) groups is 1. The molecule has 24 heavy (non-hydrogen) atoms. The first-order chi connectivity index (χ1) is 11.3. The molecule has 1 aliphatic heterocycles. The Labute approximate surface area is 161 Å². The van der Waals surface area contributed by atoms with E-state index in [9.17, 15) is 0 Å². The van der Waals surface area contributed by atoms with Gasteiger partial charge in [-0.1, -0.05) is 6.07 Å². The number of hydrogen-bond donors (Lipinski definition) is 2. The minimum Gasteiger partial charge on any atom is -0.493 e. The summed E-state index contributed by atoms with van der Waals surface area (Å²) < 4.78 is 10.8. The Morgan fingerprint density at radius 1 is 1.29 bits per heavy atom. The van der Waals surface area contributed by atoms with Crippen molar-refractivity contribution >= 4 is 29.9 Å². The Bertz CT molecular complexity index is 520. The highest BCUT2D eigenvalue weighted by molar-refractivity contribution is 14.0. The van der Waals surface area contributed by atoms with E-state index in [0.717, 1.165) is 31.2 Å². The molecule has 6 nitrogen and oxygen atoms in total. The molecule has 0 atom stereocenters. The molecule has 1 heterocycles. The van der Waals surface area contributed by atoms with Crippen LogP contribution in [-0.2, 0) is 6.54 Å². The molecular weight excluding hydrogens is 421 g/mol. The summed E-state index contributed by atoms with van der Waals surface area (Å²) in [5, 5.41) is 12.2. The fourth-order valence-electron chi connectivity index (χ4n) is 2.61. The number of methoxy groups -OCH3 is 1. The largest absolute Gasteiger partial charge is 0.493 e. The highest BCUT2D eigenvalue weighted by Gasteiger charge is 2.15. The van der Waals surface area contributed by atoms with Crippen LogP contribution in [0.3, 0.4) is 0 Å². The maximum atomic E-state index is 8.85. The SMILES string of the molecule is CCNC(=NCc1ccc(OCCO)c(OC)c1)N1CCCC1.I. The molecule has 2 N–H and O–H groups in total. The average molecular weight is 449 g/mol. The zero-order valence-electron chi connectivity index (χ0n) is 14.5. The van der Waals surface area contributed by atoms with Crippen LogP contribution in [0.2, 0.25) is 0 Å². The second-order valence-corrected chi connectivity index (χ2v) is 5.42. The number of likely N-dealkylation sites (tertiary alicyclic amines) is 1. The van der Waals surface area contributed by atoms with Gasteiger partial charge in [0.25, 0.3) is 0 Å². The van der Waals surface area contributed by atoms with Gasteiger partial charge in [0.15, 0.2) is 17.5 Å². The van der Waals surface area contributed by atoms with Crippen LogP contribution in [0.5, 0.6) is 11.5 Å². The molecule has 1 fully saturated rings. The first kappa shape index (κ1) is 20.8. The van der Waals surface area contributed by atoms with Crippen LogP contribution in [0.15, 0.2) is 23.2 Å². The summed E-state index contributed by atoms with van der Waals surface area (Å²) >= 11 is 0. The maximum absolute atomic E-state index is 8.85. The van der Waals surface area contributed by atoms with Gasteiger partial charge >= 0.3 is 0 Å². The van der Waals surface area contributed by atoms with Crippen molar-refractivity contribution in [2.75, 3.05) is 40.0 Å². The normalized spacial score (nSPS) is 14.3. The summed E-state index contributed by atoms with van der Waals surface area (Å²) in [5.41, 5.74) is 1.06. The molecule has 1 aromatic carbocycles. The lowest BCUT2D eigenvalue weighted by Crippen LogP contribution is -2.39. The minimum absolute atomic E-state index is 0. The van der Waals surface area contributed by atoms with Crippen molar-refractivity contribution in [2.24, 2.45) is 4.99 Å². The number of ether oxygens (including phenoxy) is 2. The first-order valence-electron chi connectivity index (χ1n) is 8.22. The summed E-state index contributed by atoms with van der Waals surface area (Å²) in [6.07, 6.45) is 2.46. The topological polar surface area (TPSA) is 66.3 Å². The lowest BCUT2D eigenvalue weighted by atomic mass is 10.2. The Morgan fingerprint density at radius 2 is 2.04 bits per heavy atom. The third-order valence-electron chi connectivity index (χ3n) is 3.73. The molecule has 2 rings (SSSR count). The molecule has 0 saturated carbocycles. The molecule has 7 heteroatoms. The van der Waals surface area contributed by atoms with Gasteiger partial charge in [-0.05, 0) is 37.5 Å². The van der Waals surface area contributed by atoms with Crippen LogP contribution in [0.25, 0.3) is 0 Å². The van der Waals surface area contributed by atoms with Crippen molar-refractivity contribution < 1.29 is 14.6 Å². The van der Waals surface area contributed by atoms with Crippen LogP contribution in [0.1, 0.15) is 25.3 Å². The van der Waals surface area contributed by atoms with E-state index in [-0.39, 0.29) is 37.2 Å². The number of benzene rings is 1.